The zero-order valence-corrected chi connectivity index (χ0v) is 16.8. The highest BCUT2D eigenvalue weighted by atomic mass is 16.5. The van der Waals surface area contributed by atoms with Gasteiger partial charge in [-0.15, -0.1) is 10.2 Å². The molecule has 4 aromatic rings. The second kappa shape index (κ2) is 8.69. The third-order valence-corrected chi connectivity index (χ3v) is 4.62. The van der Waals surface area contributed by atoms with Gasteiger partial charge in [-0.1, -0.05) is 23.4 Å². The van der Waals surface area contributed by atoms with Gasteiger partial charge in [0.1, 0.15) is 0 Å². The van der Waals surface area contributed by atoms with Crippen molar-refractivity contribution in [2.24, 2.45) is 0 Å². The van der Waals surface area contributed by atoms with E-state index in [0.717, 1.165) is 23.1 Å². The van der Waals surface area contributed by atoms with Gasteiger partial charge in [-0.25, -0.2) is 0 Å². The van der Waals surface area contributed by atoms with Gasteiger partial charge in [0.05, 0.1) is 0 Å². The molecule has 0 bridgehead atoms. The topological polar surface area (TPSA) is 107 Å². The molecular weight excluding hydrogens is 382 g/mol. The number of benzene rings is 2. The molecule has 0 radical (unpaired) electrons. The van der Waals surface area contributed by atoms with Gasteiger partial charge in [-0.05, 0) is 56.2 Å². The number of rotatable bonds is 7. The fraction of sp³-hybridized carbons (Fsp3) is 0.227. The summed E-state index contributed by atoms with van der Waals surface area (Å²) in [5.74, 6) is 1.93. The van der Waals surface area contributed by atoms with Crippen LogP contribution in [0.1, 0.15) is 34.1 Å². The van der Waals surface area contributed by atoms with E-state index in [2.05, 4.69) is 25.7 Å². The Morgan fingerprint density at radius 1 is 1.00 bits per heavy atom. The summed E-state index contributed by atoms with van der Waals surface area (Å²) in [7, 11) is 0. The normalized spacial score (nSPS) is 10.9. The van der Waals surface area contributed by atoms with E-state index in [-0.39, 0.29) is 5.91 Å². The third-order valence-electron chi connectivity index (χ3n) is 4.62. The number of hydrogen-bond acceptors (Lipinski definition) is 7. The summed E-state index contributed by atoms with van der Waals surface area (Å²) in [6.45, 7) is 4.29. The van der Waals surface area contributed by atoms with Crippen molar-refractivity contribution in [2.75, 3.05) is 6.54 Å². The van der Waals surface area contributed by atoms with Crippen molar-refractivity contribution in [1.29, 1.82) is 0 Å². The molecule has 0 fully saturated rings. The minimum atomic E-state index is -0.144. The molecule has 0 aliphatic heterocycles. The Bertz CT molecular complexity index is 1150. The maximum absolute atomic E-state index is 12.3. The van der Waals surface area contributed by atoms with E-state index in [1.54, 1.807) is 31.2 Å². The molecule has 1 N–H and O–H groups in total. The molecule has 2 aromatic carbocycles. The highest BCUT2D eigenvalue weighted by Crippen LogP contribution is 2.26. The van der Waals surface area contributed by atoms with Crippen molar-refractivity contribution >= 4 is 5.91 Å². The van der Waals surface area contributed by atoms with Gasteiger partial charge in [-0.2, -0.15) is 4.98 Å². The summed E-state index contributed by atoms with van der Waals surface area (Å²) >= 11 is 0. The minimum absolute atomic E-state index is 0.144. The maximum atomic E-state index is 12.3. The fourth-order valence-electron chi connectivity index (χ4n) is 3.01. The third kappa shape index (κ3) is 4.43. The molecule has 0 aliphatic rings. The molecule has 2 heterocycles. The van der Waals surface area contributed by atoms with Crippen LogP contribution in [-0.4, -0.2) is 32.8 Å². The molecule has 0 atom stereocenters. The number of nitrogens with zero attached hydrogens (tertiary/aromatic N) is 4. The number of amides is 1. The monoisotopic (exact) mass is 403 g/mol. The number of carbonyl (C=O) groups is 1. The molecule has 30 heavy (non-hydrogen) atoms. The van der Waals surface area contributed by atoms with Gasteiger partial charge in [-0.3, -0.25) is 4.79 Å². The molecule has 0 spiro atoms. The largest absolute Gasteiger partial charge is 0.416 e. The molecule has 8 nitrogen and oxygen atoms in total. The first-order chi connectivity index (χ1) is 14.6. The van der Waals surface area contributed by atoms with E-state index in [4.69, 9.17) is 8.94 Å². The smallest absolute Gasteiger partial charge is 0.251 e. The Morgan fingerprint density at radius 2 is 1.77 bits per heavy atom. The van der Waals surface area contributed by atoms with Crippen molar-refractivity contribution in [3.8, 4) is 22.9 Å². The van der Waals surface area contributed by atoms with Crippen molar-refractivity contribution in [1.82, 2.24) is 25.7 Å². The van der Waals surface area contributed by atoms with Crippen LogP contribution in [0, 0.1) is 13.8 Å². The quantitative estimate of drug-likeness (QED) is 0.468. The molecule has 152 valence electrons. The highest BCUT2D eigenvalue weighted by molar-refractivity contribution is 5.94. The molecule has 4 rings (SSSR count). The first kappa shape index (κ1) is 19.5. The highest BCUT2D eigenvalue weighted by Gasteiger charge is 2.13. The summed E-state index contributed by atoms with van der Waals surface area (Å²) in [4.78, 5) is 16.5. The lowest BCUT2D eigenvalue weighted by atomic mass is 10.1. The molecule has 2 aromatic heterocycles. The fourth-order valence-corrected chi connectivity index (χ4v) is 3.01. The molecule has 0 aliphatic carbocycles. The number of nitrogens with one attached hydrogen (secondary N) is 1. The first-order valence-electron chi connectivity index (χ1n) is 9.67. The average Bonchev–Trinajstić information content (AvgIpc) is 3.41. The Hall–Kier alpha value is -3.81. The lowest BCUT2D eigenvalue weighted by Crippen LogP contribution is -2.24. The van der Waals surface area contributed by atoms with E-state index in [1.807, 2.05) is 31.2 Å². The number of aromatic nitrogens is 4. The van der Waals surface area contributed by atoms with Crippen LogP contribution >= 0.6 is 0 Å². The number of hydrogen-bond donors (Lipinski definition) is 1. The van der Waals surface area contributed by atoms with Crippen molar-refractivity contribution < 1.29 is 13.7 Å². The molecule has 0 saturated heterocycles. The average molecular weight is 403 g/mol. The number of aryl methyl sites for hydroxylation is 3. The molecule has 1 amide bonds. The lowest BCUT2D eigenvalue weighted by Gasteiger charge is -2.04. The van der Waals surface area contributed by atoms with Gasteiger partial charge < -0.3 is 14.3 Å². The van der Waals surface area contributed by atoms with E-state index in [1.165, 1.54) is 0 Å². The predicted molar refractivity (Wildman–Crippen MR) is 110 cm³/mol. The SMILES string of the molecule is Cc1noc(CCCNC(=O)c2ccc(-c3nnc(-c4ccccc4C)o3)cc2)n1. The van der Waals surface area contributed by atoms with Crippen LogP contribution in [0.5, 0.6) is 0 Å². The zero-order valence-electron chi connectivity index (χ0n) is 16.8. The summed E-state index contributed by atoms with van der Waals surface area (Å²) in [5.41, 5.74) is 3.29. The Kier molecular flexibility index (Phi) is 5.65. The van der Waals surface area contributed by atoms with Gasteiger partial charge >= 0.3 is 0 Å². The Morgan fingerprint density at radius 3 is 2.50 bits per heavy atom. The molecule has 8 heteroatoms. The zero-order chi connectivity index (χ0) is 20.9. The molecule has 0 unspecified atom stereocenters. The van der Waals surface area contributed by atoms with E-state index in [0.29, 0.717) is 42.0 Å². The van der Waals surface area contributed by atoms with Crippen LogP contribution in [-0.2, 0) is 6.42 Å². The van der Waals surface area contributed by atoms with E-state index >= 15 is 0 Å². The standard InChI is InChI=1S/C22H21N5O3/c1-14-6-3-4-7-18(14)22-26-25-21(29-22)17-11-9-16(10-12-17)20(28)23-13-5-8-19-24-15(2)27-30-19/h3-4,6-7,9-12H,5,8,13H2,1-2H3,(H,23,28). The van der Waals surface area contributed by atoms with Crippen molar-refractivity contribution in [3.63, 3.8) is 0 Å². The molecular formula is C22H21N5O3. The van der Waals surface area contributed by atoms with Crippen molar-refractivity contribution in [3.05, 3.63) is 71.4 Å². The summed E-state index contributed by atoms with van der Waals surface area (Å²) < 4.78 is 10.9. The summed E-state index contributed by atoms with van der Waals surface area (Å²) in [6.07, 6.45) is 1.34. The van der Waals surface area contributed by atoms with Gasteiger partial charge in [0.15, 0.2) is 5.82 Å². The molecule has 0 saturated carbocycles. The number of carbonyl (C=O) groups excluding carboxylic acids is 1. The van der Waals surface area contributed by atoms with E-state index in [9.17, 15) is 4.79 Å². The maximum Gasteiger partial charge on any atom is 0.251 e. The summed E-state index contributed by atoms with van der Waals surface area (Å²) in [6, 6.07) is 14.9. The van der Waals surface area contributed by atoms with Gasteiger partial charge in [0.2, 0.25) is 17.7 Å². The van der Waals surface area contributed by atoms with Crippen LogP contribution in [0.25, 0.3) is 22.9 Å². The van der Waals surface area contributed by atoms with Gasteiger partial charge in [0.25, 0.3) is 5.91 Å². The Balaban J connectivity index is 1.34. The predicted octanol–water partition coefficient (Wildman–Crippen LogP) is 3.77. The van der Waals surface area contributed by atoms with Crippen LogP contribution in [0.2, 0.25) is 0 Å². The van der Waals surface area contributed by atoms with E-state index < -0.39 is 0 Å². The van der Waals surface area contributed by atoms with Crippen LogP contribution in [0.15, 0.2) is 57.5 Å². The van der Waals surface area contributed by atoms with Crippen molar-refractivity contribution in [2.45, 2.75) is 26.7 Å². The van der Waals surface area contributed by atoms with Crippen LogP contribution in [0.4, 0.5) is 0 Å². The summed E-state index contributed by atoms with van der Waals surface area (Å²) in [5, 5.41) is 14.9. The van der Waals surface area contributed by atoms with Crippen LogP contribution in [0.3, 0.4) is 0 Å². The Labute approximate surface area is 173 Å². The second-order valence-corrected chi connectivity index (χ2v) is 6.90. The first-order valence-corrected chi connectivity index (χ1v) is 9.67. The lowest BCUT2D eigenvalue weighted by molar-refractivity contribution is 0.0953. The van der Waals surface area contributed by atoms with Crippen LogP contribution < -0.4 is 5.32 Å². The minimum Gasteiger partial charge on any atom is -0.416 e. The van der Waals surface area contributed by atoms with Gasteiger partial charge in [0, 0.05) is 29.7 Å². The second-order valence-electron chi connectivity index (χ2n) is 6.90.